The number of aryl methyl sites for hydroxylation is 1. The van der Waals surface area contributed by atoms with Crippen molar-refractivity contribution in [3.8, 4) is 16.9 Å². The average molecular weight is 438 g/mol. The van der Waals surface area contributed by atoms with Crippen molar-refractivity contribution < 1.29 is 4.74 Å². The highest BCUT2D eigenvalue weighted by Crippen LogP contribution is 2.22. The maximum atomic E-state index is 13.6. The molecular formula is C24H27N3O3S. The summed E-state index contributed by atoms with van der Waals surface area (Å²) in [7, 11) is 0. The Hall–Kier alpha value is -2.61. The van der Waals surface area contributed by atoms with E-state index in [1.807, 2.05) is 61.7 Å². The Bertz CT molecular complexity index is 1140. The van der Waals surface area contributed by atoms with E-state index in [2.05, 4.69) is 4.90 Å². The minimum Gasteiger partial charge on any atom is -0.379 e. The molecule has 4 rings (SSSR count). The summed E-state index contributed by atoms with van der Waals surface area (Å²) in [6.45, 7) is 6.03. The molecule has 2 heterocycles. The number of rotatable bonds is 6. The summed E-state index contributed by atoms with van der Waals surface area (Å²) in [5.41, 5.74) is 2.74. The standard InChI is InChI=1S/C24H27N3O3S/c1-18-3-5-19(6-4-18)22-17-23(28)26(12-11-25-13-15-30-16-14-25)24(29)27(22)20-7-9-21(31-2)10-8-20/h3-10,17H,11-16H2,1-2H3. The van der Waals surface area contributed by atoms with Gasteiger partial charge in [-0.2, -0.15) is 0 Å². The van der Waals surface area contributed by atoms with Gasteiger partial charge in [0, 0.05) is 37.1 Å². The van der Waals surface area contributed by atoms with Crippen LogP contribution in [0.4, 0.5) is 0 Å². The van der Waals surface area contributed by atoms with Crippen LogP contribution in [0.1, 0.15) is 5.56 Å². The van der Waals surface area contributed by atoms with Crippen LogP contribution in [0.25, 0.3) is 16.9 Å². The number of thioether (sulfide) groups is 1. The zero-order valence-electron chi connectivity index (χ0n) is 17.9. The molecule has 0 saturated carbocycles. The smallest absolute Gasteiger partial charge is 0.336 e. The maximum absolute atomic E-state index is 13.6. The summed E-state index contributed by atoms with van der Waals surface area (Å²) in [5.74, 6) is 0. The molecule has 6 nitrogen and oxygen atoms in total. The maximum Gasteiger partial charge on any atom is 0.336 e. The second kappa shape index (κ2) is 9.68. The van der Waals surface area contributed by atoms with Crippen molar-refractivity contribution in [1.82, 2.24) is 14.0 Å². The van der Waals surface area contributed by atoms with Crippen LogP contribution in [-0.4, -0.2) is 53.1 Å². The summed E-state index contributed by atoms with van der Waals surface area (Å²) >= 11 is 1.65. The molecule has 0 bridgehead atoms. The number of hydrogen-bond donors (Lipinski definition) is 0. The number of nitrogens with zero attached hydrogens (tertiary/aromatic N) is 3. The fraction of sp³-hybridized carbons (Fsp3) is 0.333. The van der Waals surface area contributed by atoms with Gasteiger partial charge in [0.2, 0.25) is 0 Å². The summed E-state index contributed by atoms with van der Waals surface area (Å²) < 4.78 is 8.38. The highest BCUT2D eigenvalue weighted by Gasteiger charge is 2.16. The van der Waals surface area contributed by atoms with Gasteiger partial charge in [-0.25, -0.2) is 4.79 Å². The van der Waals surface area contributed by atoms with Gasteiger partial charge in [-0.15, -0.1) is 11.8 Å². The molecule has 3 aromatic rings. The number of benzene rings is 2. The molecule has 2 aromatic carbocycles. The Morgan fingerprint density at radius 1 is 0.935 bits per heavy atom. The van der Waals surface area contributed by atoms with Crippen molar-refractivity contribution in [2.75, 3.05) is 39.1 Å². The Morgan fingerprint density at radius 3 is 2.26 bits per heavy atom. The lowest BCUT2D eigenvalue weighted by atomic mass is 10.1. The third kappa shape index (κ3) is 4.84. The highest BCUT2D eigenvalue weighted by molar-refractivity contribution is 7.98. The van der Waals surface area contributed by atoms with E-state index in [1.165, 1.54) is 4.57 Å². The first-order chi connectivity index (χ1) is 15.1. The molecule has 31 heavy (non-hydrogen) atoms. The van der Waals surface area contributed by atoms with Crippen LogP contribution in [0.15, 0.2) is 69.1 Å². The second-order valence-corrected chi connectivity index (χ2v) is 8.54. The predicted molar refractivity (Wildman–Crippen MR) is 126 cm³/mol. The highest BCUT2D eigenvalue weighted by atomic mass is 32.2. The van der Waals surface area contributed by atoms with Gasteiger partial charge in [-0.3, -0.25) is 18.8 Å². The van der Waals surface area contributed by atoms with Crippen molar-refractivity contribution in [3.63, 3.8) is 0 Å². The molecule has 0 amide bonds. The van der Waals surface area contributed by atoms with Gasteiger partial charge in [0.25, 0.3) is 5.56 Å². The van der Waals surface area contributed by atoms with E-state index in [0.29, 0.717) is 32.0 Å². The van der Waals surface area contributed by atoms with Crippen LogP contribution in [-0.2, 0) is 11.3 Å². The van der Waals surface area contributed by atoms with E-state index in [0.717, 1.165) is 34.8 Å². The van der Waals surface area contributed by atoms with Gasteiger partial charge < -0.3 is 4.74 Å². The largest absolute Gasteiger partial charge is 0.379 e. The van der Waals surface area contributed by atoms with E-state index < -0.39 is 0 Å². The predicted octanol–water partition coefficient (Wildman–Crippen LogP) is 3.03. The van der Waals surface area contributed by atoms with E-state index in [-0.39, 0.29) is 11.2 Å². The SMILES string of the molecule is CSc1ccc(-n2c(-c3ccc(C)cc3)cc(=O)n(CCN3CCOCC3)c2=O)cc1. The molecule has 1 saturated heterocycles. The van der Waals surface area contributed by atoms with Crippen molar-refractivity contribution in [3.05, 3.63) is 81.0 Å². The van der Waals surface area contributed by atoms with Crippen molar-refractivity contribution >= 4 is 11.8 Å². The Morgan fingerprint density at radius 2 is 1.61 bits per heavy atom. The lowest BCUT2D eigenvalue weighted by Gasteiger charge is -2.26. The fourth-order valence-electron chi connectivity index (χ4n) is 3.77. The molecule has 0 spiro atoms. The van der Waals surface area contributed by atoms with Gasteiger partial charge in [-0.05, 0) is 43.0 Å². The first-order valence-electron chi connectivity index (χ1n) is 10.5. The normalized spacial score (nSPS) is 14.6. The van der Waals surface area contributed by atoms with Crippen LogP contribution in [0.3, 0.4) is 0 Å². The molecule has 0 atom stereocenters. The van der Waals surface area contributed by atoms with E-state index >= 15 is 0 Å². The summed E-state index contributed by atoms with van der Waals surface area (Å²) in [4.78, 5) is 29.9. The number of ether oxygens (including phenoxy) is 1. The molecule has 7 heteroatoms. The van der Waals surface area contributed by atoms with Crippen LogP contribution < -0.4 is 11.2 Å². The van der Waals surface area contributed by atoms with Crippen LogP contribution in [0, 0.1) is 6.92 Å². The third-order valence-electron chi connectivity index (χ3n) is 5.61. The zero-order valence-corrected chi connectivity index (χ0v) is 18.7. The minimum atomic E-state index is -0.312. The third-order valence-corrected chi connectivity index (χ3v) is 6.35. The number of aromatic nitrogens is 2. The summed E-state index contributed by atoms with van der Waals surface area (Å²) in [5, 5.41) is 0. The second-order valence-electron chi connectivity index (χ2n) is 7.66. The Kier molecular flexibility index (Phi) is 6.75. The van der Waals surface area contributed by atoms with Gasteiger partial charge in [0.1, 0.15) is 0 Å². The Balaban J connectivity index is 1.80. The molecule has 0 aliphatic carbocycles. The molecule has 1 aliphatic heterocycles. The monoisotopic (exact) mass is 437 g/mol. The topological polar surface area (TPSA) is 56.5 Å². The van der Waals surface area contributed by atoms with Gasteiger partial charge in [-0.1, -0.05) is 29.8 Å². The Labute approximate surface area is 186 Å². The van der Waals surface area contributed by atoms with Crippen LogP contribution >= 0.6 is 11.8 Å². The molecule has 1 aliphatic rings. The molecule has 0 unspecified atom stereocenters. The molecule has 1 aromatic heterocycles. The summed E-state index contributed by atoms with van der Waals surface area (Å²) in [6.07, 6.45) is 2.02. The molecule has 0 radical (unpaired) electrons. The molecule has 0 N–H and O–H groups in total. The summed E-state index contributed by atoms with van der Waals surface area (Å²) in [6, 6.07) is 17.3. The van der Waals surface area contributed by atoms with Crippen LogP contribution in [0.2, 0.25) is 0 Å². The number of hydrogen-bond acceptors (Lipinski definition) is 5. The molecular weight excluding hydrogens is 410 g/mol. The molecule has 162 valence electrons. The number of morpholine rings is 1. The van der Waals surface area contributed by atoms with Crippen molar-refractivity contribution in [2.45, 2.75) is 18.4 Å². The van der Waals surface area contributed by atoms with Crippen molar-refractivity contribution in [1.29, 1.82) is 0 Å². The average Bonchev–Trinajstić information content (AvgIpc) is 2.80. The van der Waals surface area contributed by atoms with Gasteiger partial charge in [0.15, 0.2) is 0 Å². The lowest BCUT2D eigenvalue weighted by molar-refractivity contribution is 0.0361. The van der Waals surface area contributed by atoms with Gasteiger partial charge in [0.05, 0.1) is 24.6 Å². The minimum absolute atomic E-state index is 0.272. The van der Waals surface area contributed by atoms with E-state index in [4.69, 9.17) is 4.74 Å². The zero-order chi connectivity index (χ0) is 21.8. The first kappa shape index (κ1) is 21.6. The van der Waals surface area contributed by atoms with Crippen molar-refractivity contribution in [2.24, 2.45) is 0 Å². The van der Waals surface area contributed by atoms with Gasteiger partial charge >= 0.3 is 5.69 Å². The quantitative estimate of drug-likeness (QED) is 0.555. The molecule has 1 fully saturated rings. The first-order valence-corrected chi connectivity index (χ1v) is 11.7. The lowest BCUT2D eigenvalue weighted by Crippen LogP contribution is -2.44. The van der Waals surface area contributed by atoms with E-state index in [1.54, 1.807) is 22.4 Å². The fourth-order valence-corrected chi connectivity index (χ4v) is 4.18. The van der Waals surface area contributed by atoms with E-state index in [9.17, 15) is 9.59 Å². The van der Waals surface area contributed by atoms with Crippen LogP contribution in [0.5, 0.6) is 0 Å².